The molecule has 0 spiro atoms. The number of nitriles is 1. The van der Waals surface area contributed by atoms with Crippen LogP contribution in [0.4, 0.5) is 0 Å². The van der Waals surface area contributed by atoms with Crippen LogP contribution in [0.5, 0.6) is 0 Å². The molecule has 0 saturated heterocycles. The van der Waals surface area contributed by atoms with Gasteiger partial charge >= 0.3 is 29.6 Å². The van der Waals surface area contributed by atoms with Gasteiger partial charge in [0, 0.05) is 11.3 Å². The van der Waals surface area contributed by atoms with E-state index in [1.807, 2.05) is 6.07 Å². The summed E-state index contributed by atoms with van der Waals surface area (Å²) in [5, 5.41) is 8.32. The first-order valence-corrected chi connectivity index (χ1v) is 4.86. The summed E-state index contributed by atoms with van der Waals surface area (Å²) in [5.74, 6) is 0. The summed E-state index contributed by atoms with van der Waals surface area (Å²) in [4.78, 5) is 0.278. The molecule has 0 aromatic heterocycles. The molecule has 0 aliphatic carbocycles. The molecular formula is C9H8NNaO2S. The minimum Gasteiger partial charge on any atom is -0.768 e. The third kappa shape index (κ3) is 4.36. The molecule has 1 unspecified atom stereocenters. The second kappa shape index (κ2) is 7.16. The summed E-state index contributed by atoms with van der Waals surface area (Å²) < 4.78 is 20.9. The average Bonchev–Trinajstić information content (AvgIpc) is 2.15. The zero-order valence-corrected chi connectivity index (χ0v) is 10.7. The van der Waals surface area contributed by atoms with Gasteiger partial charge in [-0.15, -0.1) is 0 Å². The van der Waals surface area contributed by atoms with Crippen LogP contribution < -0.4 is 29.6 Å². The maximum Gasteiger partial charge on any atom is 1.00 e. The van der Waals surface area contributed by atoms with Gasteiger partial charge < -0.3 is 4.55 Å². The fraction of sp³-hybridized carbons (Fsp3) is 0.222. The number of rotatable bonds is 3. The second-order valence-electron chi connectivity index (χ2n) is 2.54. The fourth-order valence-corrected chi connectivity index (χ4v) is 1.33. The molecule has 1 aromatic carbocycles. The van der Waals surface area contributed by atoms with Crippen LogP contribution in [-0.4, -0.2) is 8.76 Å². The van der Waals surface area contributed by atoms with Crippen molar-refractivity contribution in [2.75, 3.05) is 0 Å². The van der Waals surface area contributed by atoms with Crippen molar-refractivity contribution in [2.24, 2.45) is 0 Å². The van der Waals surface area contributed by atoms with E-state index >= 15 is 0 Å². The number of benzene rings is 1. The Hall–Kier alpha value is -0.180. The molecule has 0 aliphatic heterocycles. The van der Waals surface area contributed by atoms with Gasteiger partial charge in [0.2, 0.25) is 0 Å². The summed E-state index contributed by atoms with van der Waals surface area (Å²) in [6.45, 7) is 0. The third-order valence-electron chi connectivity index (χ3n) is 1.64. The zero-order chi connectivity index (χ0) is 9.68. The minimum atomic E-state index is -2.16. The third-order valence-corrected chi connectivity index (χ3v) is 2.30. The molecule has 0 N–H and O–H groups in total. The summed E-state index contributed by atoms with van der Waals surface area (Å²) in [7, 11) is 0. The first kappa shape index (κ1) is 13.8. The Morgan fingerprint density at radius 2 is 1.93 bits per heavy atom. The van der Waals surface area contributed by atoms with Crippen LogP contribution in [-0.2, 0) is 17.5 Å². The second-order valence-corrected chi connectivity index (χ2v) is 3.48. The molecule has 0 saturated carbocycles. The van der Waals surface area contributed by atoms with Crippen LogP contribution in [0.1, 0.15) is 12.0 Å². The van der Waals surface area contributed by atoms with Crippen LogP contribution in [0, 0.1) is 11.3 Å². The Balaban J connectivity index is 0.00000169. The van der Waals surface area contributed by atoms with Crippen molar-refractivity contribution in [3.05, 3.63) is 29.8 Å². The SMILES string of the molecule is N#CCCc1ccc(S(=O)[O-])cc1.[Na+]. The molecule has 0 bridgehead atoms. The number of hydrogen-bond acceptors (Lipinski definition) is 3. The minimum absolute atomic E-state index is 0. The summed E-state index contributed by atoms with van der Waals surface area (Å²) in [5.41, 5.74) is 0.982. The predicted octanol–water partition coefficient (Wildman–Crippen LogP) is -1.62. The van der Waals surface area contributed by atoms with Crippen molar-refractivity contribution in [3.63, 3.8) is 0 Å². The van der Waals surface area contributed by atoms with Gasteiger partial charge in [0.25, 0.3) is 0 Å². The number of hydrogen-bond donors (Lipinski definition) is 0. The smallest absolute Gasteiger partial charge is 0.768 e. The van der Waals surface area contributed by atoms with Crippen molar-refractivity contribution in [1.29, 1.82) is 5.26 Å². The molecular weight excluding hydrogens is 209 g/mol. The maximum absolute atomic E-state index is 10.5. The monoisotopic (exact) mass is 217 g/mol. The van der Waals surface area contributed by atoms with Crippen molar-refractivity contribution < 1.29 is 38.3 Å². The largest absolute Gasteiger partial charge is 1.00 e. The van der Waals surface area contributed by atoms with E-state index in [9.17, 15) is 8.76 Å². The van der Waals surface area contributed by atoms with Gasteiger partial charge in [-0.1, -0.05) is 12.1 Å². The van der Waals surface area contributed by atoms with Crippen molar-refractivity contribution in [1.82, 2.24) is 0 Å². The Labute approximate surface area is 108 Å². The molecule has 1 rings (SSSR count). The van der Waals surface area contributed by atoms with Gasteiger partial charge in [-0.25, -0.2) is 0 Å². The van der Waals surface area contributed by atoms with Gasteiger partial charge in [0.1, 0.15) is 0 Å². The molecule has 3 nitrogen and oxygen atoms in total. The van der Waals surface area contributed by atoms with Crippen LogP contribution in [0.3, 0.4) is 0 Å². The van der Waals surface area contributed by atoms with Crippen molar-refractivity contribution >= 4 is 11.1 Å². The van der Waals surface area contributed by atoms with Crippen LogP contribution in [0.25, 0.3) is 0 Å². The van der Waals surface area contributed by atoms with E-state index in [1.165, 1.54) is 12.1 Å². The average molecular weight is 217 g/mol. The molecule has 0 amide bonds. The molecule has 0 radical (unpaired) electrons. The first-order valence-electron chi connectivity index (χ1n) is 3.79. The van der Waals surface area contributed by atoms with Crippen molar-refractivity contribution in [2.45, 2.75) is 17.7 Å². The molecule has 5 heteroatoms. The van der Waals surface area contributed by atoms with E-state index < -0.39 is 11.1 Å². The van der Waals surface area contributed by atoms with Crippen molar-refractivity contribution in [3.8, 4) is 6.07 Å². The molecule has 0 heterocycles. The molecule has 1 aromatic rings. The summed E-state index contributed by atoms with van der Waals surface area (Å²) in [6, 6.07) is 8.56. The van der Waals surface area contributed by atoms with Gasteiger partial charge in [0.15, 0.2) is 0 Å². The predicted molar refractivity (Wildman–Crippen MR) is 47.6 cm³/mol. The van der Waals surface area contributed by atoms with Gasteiger partial charge in [-0.3, -0.25) is 4.21 Å². The van der Waals surface area contributed by atoms with Gasteiger partial charge in [-0.2, -0.15) is 5.26 Å². The normalized spacial score (nSPS) is 11.1. The molecule has 0 fully saturated rings. The van der Waals surface area contributed by atoms with Gasteiger partial charge in [0.05, 0.1) is 6.07 Å². The van der Waals surface area contributed by atoms with Crippen LogP contribution in [0.15, 0.2) is 29.2 Å². The Kier molecular flexibility index (Phi) is 7.06. The Morgan fingerprint density at radius 3 is 2.36 bits per heavy atom. The molecule has 14 heavy (non-hydrogen) atoms. The molecule has 68 valence electrons. The Bertz CT molecular complexity index is 345. The number of nitrogens with zero attached hydrogens (tertiary/aromatic N) is 1. The van der Waals surface area contributed by atoms with E-state index in [0.29, 0.717) is 12.8 Å². The van der Waals surface area contributed by atoms with E-state index in [1.54, 1.807) is 12.1 Å². The summed E-state index contributed by atoms with van der Waals surface area (Å²) >= 11 is -2.16. The first-order chi connectivity index (χ1) is 6.24. The van der Waals surface area contributed by atoms with Crippen LogP contribution in [0.2, 0.25) is 0 Å². The maximum atomic E-state index is 10.5. The molecule has 1 atom stereocenters. The Morgan fingerprint density at radius 1 is 1.36 bits per heavy atom. The van der Waals surface area contributed by atoms with E-state index in [4.69, 9.17) is 5.26 Å². The fourth-order valence-electron chi connectivity index (χ4n) is 0.967. The zero-order valence-electron chi connectivity index (χ0n) is 7.90. The number of aryl methyl sites for hydroxylation is 1. The standard InChI is InChI=1S/C9H9NO2S.Na/c10-7-1-2-8-3-5-9(6-4-8)13(11)12;/h3-6H,1-2H2,(H,11,12);/q;+1/p-1. The topological polar surface area (TPSA) is 63.9 Å². The van der Waals surface area contributed by atoms with E-state index in [2.05, 4.69) is 0 Å². The summed E-state index contributed by atoms with van der Waals surface area (Å²) in [6.07, 6.45) is 1.13. The van der Waals surface area contributed by atoms with E-state index in [-0.39, 0.29) is 34.5 Å². The molecule has 0 aliphatic rings. The quantitative estimate of drug-likeness (QED) is 0.452. The van der Waals surface area contributed by atoms with Crippen LogP contribution >= 0.6 is 0 Å². The van der Waals surface area contributed by atoms with Gasteiger partial charge in [-0.05, 0) is 35.2 Å². The van der Waals surface area contributed by atoms with E-state index in [0.717, 1.165) is 5.56 Å².